The number of carbonyl (C=O) groups excluding carboxylic acids is 1. The molecule has 1 aliphatic rings. The number of fused-ring (bicyclic) bond motifs is 1. The van der Waals surface area contributed by atoms with Crippen LogP contribution in [0.2, 0.25) is 0 Å². The van der Waals surface area contributed by atoms with Crippen LogP contribution in [0.1, 0.15) is 30.9 Å². The Morgan fingerprint density at radius 1 is 1.33 bits per heavy atom. The van der Waals surface area contributed by atoms with E-state index in [1.54, 1.807) is 0 Å². The highest BCUT2D eigenvalue weighted by atomic mass is 32.1. The maximum Gasteiger partial charge on any atom is 0.263 e. The van der Waals surface area contributed by atoms with Gasteiger partial charge in [0.15, 0.2) is 0 Å². The number of rotatable bonds is 5. The third-order valence-electron chi connectivity index (χ3n) is 5.41. The van der Waals surface area contributed by atoms with Crippen LogP contribution < -0.4 is 10.9 Å². The fourth-order valence-corrected chi connectivity index (χ4v) is 4.28. The van der Waals surface area contributed by atoms with E-state index < -0.39 is 0 Å². The maximum absolute atomic E-state index is 13.1. The Kier molecular flexibility index (Phi) is 4.60. The minimum Gasteiger partial charge on any atom is -0.352 e. The molecular formula is C21H23N3O2S. The van der Waals surface area contributed by atoms with Gasteiger partial charge in [-0.3, -0.25) is 14.2 Å². The summed E-state index contributed by atoms with van der Waals surface area (Å²) in [4.78, 5) is 30.5. The molecule has 1 aliphatic carbocycles. The van der Waals surface area contributed by atoms with Gasteiger partial charge in [-0.1, -0.05) is 18.2 Å². The van der Waals surface area contributed by atoms with E-state index in [0.29, 0.717) is 16.1 Å². The van der Waals surface area contributed by atoms with Gasteiger partial charge in [0.2, 0.25) is 5.91 Å². The first-order chi connectivity index (χ1) is 12.9. The standard InChI is InChI=1S/C21H23N3O2S/c1-12-4-5-16(8-13(12)2)17-10-27-20-19(17)21(26)24(11-22-20)9-18(25)23-14(3)15-6-7-15/h4-5,8,10-11,14-15H,6-7,9H2,1-3H3,(H,23,25)/t14-/m0/s1. The molecule has 0 radical (unpaired) electrons. The molecule has 1 aromatic carbocycles. The second kappa shape index (κ2) is 6.93. The van der Waals surface area contributed by atoms with E-state index in [-0.39, 0.29) is 24.1 Å². The van der Waals surface area contributed by atoms with E-state index in [4.69, 9.17) is 0 Å². The molecule has 1 N–H and O–H groups in total. The summed E-state index contributed by atoms with van der Waals surface area (Å²) in [6.45, 7) is 6.16. The summed E-state index contributed by atoms with van der Waals surface area (Å²) >= 11 is 1.46. The molecule has 4 rings (SSSR count). The molecule has 3 aromatic rings. The molecule has 2 aromatic heterocycles. The minimum atomic E-state index is -0.163. The molecule has 140 valence electrons. The van der Waals surface area contributed by atoms with Crippen LogP contribution in [0.4, 0.5) is 0 Å². The van der Waals surface area contributed by atoms with Gasteiger partial charge in [0.1, 0.15) is 11.4 Å². The zero-order valence-corrected chi connectivity index (χ0v) is 16.6. The van der Waals surface area contributed by atoms with Gasteiger partial charge in [-0.2, -0.15) is 0 Å². The number of hydrogen-bond acceptors (Lipinski definition) is 4. The van der Waals surface area contributed by atoms with Gasteiger partial charge in [-0.05, 0) is 56.2 Å². The zero-order valence-electron chi connectivity index (χ0n) is 15.8. The smallest absolute Gasteiger partial charge is 0.263 e. The summed E-state index contributed by atoms with van der Waals surface area (Å²) in [5.74, 6) is 0.445. The van der Waals surface area contributed by atoms with Crippen molar-refractivity contribution in [3.63, 3.8) is 0 Å². The highest BCUT2D eigenvalue weighted by Gasteiger charge is 2.29. The molecule has 0 unspecified atom stereocenters. The second-order valence-corrected chi connectivity index (χ2v) is 8.36. The van der Waals surface area contributed by atoms with Crippen LogP contribution in [0.5, 0.6) is 0 Å². The van der Waals surface area contributed by atoms with Crippen molar-refractivity contribution >= 4 is 27.5 Å². The first-order valence-corrected chi connectivity index (χ1v) is 10.2. The zero-order chi connectivity index (χ0) is 19.1. The number of thiophene rings is 1. The molecule has 2 heterocycles. The lowest BCUT2D eigenvalue weighted by Crippen LogP contribution is -2.38. The summed E-state index contributed by atoms with van der Waals surface area (Å²) < 4.78 is 1.41. The predicted molar refractivity (Wildman–Crippen MR) is 109 cm³/mol. The van der Waals surface area contributed by atoms with E-state index in [1.807, 2.05) is 18.4 Å². The van der Waals surface area contributed by atoms with Crippen molar-refractivity contribution in [3.05, 3.63) is 51.4 Å². The van der Waals surface area contributed by atoms with Crippen LogP contribution in [-0.4, -0.2) is 21.5 Å². The molecule has 0 bridgehead atoms. The van der Waals surface area contributed by atoms with Gasteiger partial charge < -0.3 is 5.32 Å². The van der Waals surface area contributed by atoms with Crippen LogP contribution in [0.25, 0.3) is 21.3 Å². The summed E-state index contributed by atoms with van der Waals surface area (Å²) in [6, 6.07) is 6.36. The summed E-state index contributed by atoms with van der Waals surface area (Å²) in [5, 5.41) is 5.56. The number of amides is 1. The normalized spacial score (nSPS) is 15.1. The van der Waals surface area contributed by atoms with Crippen LogP contribution in [0.15, 0.2) is 34.7 Å². The highest BCUT2D eigenvalue weighted by Crippen LogP contribution is 2.32. The molecule has 0 spiro atoms. The lowest BCUT2D eigenvalue weighted by atomic mass is 10.0. The molecule has 1 amide bonds. The Balaban J connectivity index is 1.67. The molecule has 1 atom stereocenters. The molecule has 0 saturated heterocycles. The molecule has 6 heteroatoms. The Morgan fingerprint density at radius 3 is 2.81 bits per heavy atom. The van der Waals surface area contributed by atoms with Gasteiger partial charge in [-0.25, -0.2) is 4.98 Å². The van der Waals surface area contributed by atoms with Crippen molar-refractivity contribution in [2.45, 2.75) is 46.2 Å². The lowest BCUT2D eigenvalue weighted by molar-refractivity contribution is -0.122. The van der Waals surface area contributed by atoms with E-state index in [0.717, 1.165) is 11.1 Å². The molecule has 1 saturated carbocycles. The van der Waals surface area contributed by atoms with Gasteiger partial charge in [-0.15, -0.1) is 11.3 Å². The van der Waals surface area contributed by atoms with E-state index in [9.17, 15) is 9.59 Å². The van der Waals surface area contributed by atoms with E-state index in [1.165, 1.54) is 46.2 Å². The number of benzene rings is 1. The van der Waals surface area contributed by atoms with Crippen LogP contribution >= 0.6 is 11.3 Å². The fraction of sp³-hybridized carbons (Fsp3) is 0.381. The third kappa shape index (κ3) is 3.54. The van der Waals surface area contributed by atoms with Crippen molar-refractivity contribution in [2.24, 2.45) is 5.92 Å². The van der Waals surface area contributed by atoms with Gasteiger partial charge in [0.05, 0.1) is 11.7 Å². The average molecular weight is 382 g/mol. The van der Waals surface area contributed by atoms with Crippen LogP contribution in [0, 0.1) is 19.8 Å². The summed E-state index contributed by atoms with van der Waals surface area (Å²) in [5.41, 5.74) is 4.13. The van der Waals surface area contributed by atoms with Crippen molar-refractivity contribution < 1.29 is 4.79 Å². The molecule has 5 nitrogen and oxygen atoms in total. The topological polar surface area (TPSA) is 64.0 Å². The molecule has 1 fully saturated rings. The number of aryl methyl sites for hydroxylation is 2. The van der Waals surface area contributed by atoms with Crippen molar-refractivity contribution in [2.75, 3.05) is 0 Å². The Labute approximate surface area is 162 Å². The van der Waals surface area contributed by atoms with Crippen LogP contribution in [0.3, 0.4) is 0 Å². The lowest BCUT2D eigenvalue weighted by Gasteiger charge is -2.13. The summed E-state index contributed by atoms with van der Waals surface area (Å²) in [7, 11) is 0. The van der Waals surface area contributed by atoms with Gasteiger partial charge >= 0.3 is 0 Å². The predicted octanol–water partition coefficient (Wildman–Crippen LogP) is 3.66. The first-order valence-electron chi connectivity index (χ1n) is 9.27. The fourth-order valence-electron chi connectivity index (χ4n) is 3.37. The Bertz CT molecular complexity index is 1080. The van der Waals surface area contributed by atoms with Crippen LogP contribution in [-0.2, 0) is 11.3 Å². The second-order valence-electron chi connectivity index (χ2n) is 7.50. The Hall–Kier alpha value is -2.47. The average Bonchev–Trinajstić information content (AvgIpc) is 3.39. The minimum absolute atomic E-state index is 0.00104. The van der Waals surface area contributed by atoms with E-state index >= 15 is 0 Å². The largest absolute Gasteiger partial charge is 0.352 e. The SMILES string of the molecule is Cc1ccc(-c2csc3ncn(CC(=O)N[C@@H](C)C4CC4)c(=O)c23)cc1C. The third-order valence-corrected chi connectivity index (χ3v) is 6.30. The monoisotopic (exact) mass is 381 g/mol. The quantitative estimate of drug-likeness (QED) is 0.734. The molecular weight excluding hydrogens is 358 g/mol. The van der Waals surface area contributed by atoms with Gasteiger partial charge in [0, 0.05) is 17.0 Å². The number of aromatic nitrogens is 2. The van der Waals surface area contributed by atoms with Crippen molar-refractivity contribution in [1.29, 1.82) is 0 Å². The van der Waals surface area contributed by atoms with Crippen molar-refractivity contribution in [3.8, 4) is 11.1 Å². The van der Waals surface area contributed by atoms with Gasteiger partial charge in [0.25, 0.3) is 5.56 Å². The molecule has 0 aliphatic heterocycles. The number of nitrogens with zero attached hydrogens (tertiary/aromatic N) is 2. The highest BCUT2D eigenvalue weighted by molar-refractivity contribution is 7.17. The first kappa shape index (κ1) is 17.9. The van der Waals surface area contributed by atoms with Crippen molar-refractivity contribution in [1.82, 2.24) is 14.9 Å². The number of hydrogen-bond donors (Lipinski definition) is 1. The maximum atomic E-state index is 13.1. The Morgan fingerprint density at radius 2 is 2.11 bits per heavy atom. The summed E-state index contributed by atoms with van der Waals surface area (Å²) in [6.07, 6.45) is 3.82. The number of carbonyl (C=O) groups is 1. The van der Waals surface area contributed by atoms with E-state index in [2.05, 4.69) is 36.3 Å². The molecule has 27 heavy (non-hydrogen) atoms. The number of nitrogens with one attached hydrogen (secondary N) is 1.